The number of carbonyl (C=O) groups excluding carboxylic acids is 3. The molecule has 172 valence electrons. The Balaban J connectivity index is 1.79. The maximum atomic E-state index is 12.3. The van der Waals surface area contributed by atoms with E-state index in [2.05, 4.69) is 15.4 Å². The van der Waals surface area contributed by atoms with Crippen LogP contribution in [0.3, 0.4) is 0 Å². The summed E-state index contributed by atoms with van der Waals surface area (Å²) in [7, 11) is -3.84. The van der Waals surface area contributed by atoms with Gasteiger partial charge in [-0.3, -0.25) is 14.4 Å². The first-order chi connectivity index (χ1) is 15.1. The van der Waals surface area contributed by atoms with E-state index < -0.39 is 28.0 Å². The summed E-state index contributed by atoms with van der Waals surface area (Å²) in [6.45, 7) is 4.62. The zero-order chi connectivity index (χ0) is 23.7. The predicted octanol–water partition coefficient (Wildman–Crippen LogP) is 2.45. The molecule has 1 atom stereocenters. The second kappa shape index (κ2) is 11.4. The zero-order valence-corrected chi connectivity index (χ0v) is 19.0. The maximum Gasteiger partial charge on any atom is 0.307 e. The van der Waals surface area contributed by atoms with E-state index in [1.54, 1.807) is 12.1 Å². The SMILES string of the molecule is CCc1ccc(NC(=O)C(C)OC(=O)CCNS(=O)(=O)c2ccc(NC(C)=O)cc2)cc1. The highest BCUT2D eigenvalue weighted by Crippen LogP contribution is 2.14. The van der Waals surface area contributed by atoms with Crippen LogP contribution >= 0.6 is 0 Å². The minimum Gasteiger partial charge on any atom is -0.452 e. The second-order valence-electron chi connectivity index (χ2n) is 7.03. The molecule has 0 spiro atoms. The molecule has 32 heavy (non-hydrogen) atoms. The molecule has 2 aromatic rings. The number of rotatable bonds is 10. The lowest BCUT2D eigenvalue weighted by molar-refractivity contribution is -0.152. The van der Waals surface area contributed by atoms with Crippen molar-refractivity contribution in [3.8, 4) is 0 Å². The van der Waals surface area contributed by atoms with Gasteiger partial charge < -0.3 is 15.4 Å². The maximum absolute atomic E-state index is 12.3. The van der Waals surface area contributed by atoms with E-state index in [9.17, 15) is 22.8 Å². The van der Waals surface area contributed by atoms with Gasteiger partial charge in [0.1, 0.15) is 0 Å². The lowest BCUT2D eigenvalue weighted by Crippen LogP contribution is -2.32. The third kappa shape index (κ3) is 7.78. The molecule has 10 heteroatoms. The van der Waals surface area contributed by atoms with Crippen LogP contribution in [0.2, 0.25) is 0 Å². The molecule has 0 aliphatic heterocycles. The molecule has 0 heterocycles. The topological polar surface area (TPSA) is 131 Å². The molecule has 0 radical (unpaired) electrons. The predicted molar refractivity (Wildman–Crippen MR) is 121 cm³/mol. The normalized spacial score (nSPS) is 12.0. The third-order valence-electron chi connectivity index (χ3n) is 4.41. The minimum absolute atomic E-state index is 0.0122. The largest absolute Gasteiger partial charge is 0.452 e. The fraction of sp³-hybridized carbons (Fsp3) is 0.318. The van der Waals surface area contributed by atoms with E-state index in [1.807, 2.05) is 19.1 Å². The number of amides is 2. The molecular weight excluding hydrogens is 434 g/mol. The van der Waals surface area contributed by atoms with Crippen molar-refractivity contribution >= 4 is 39.2 Å². The number of carbonyl (C=O) groups is 3. The molecule has 0 saturated heterocycles. The molecule has 0 aromatic heterocycles. The third-order valence-corrected chi connectivity index (χ3v) is 5.89. The Hall–Kier alpha value is -3.24. The Morgan fingerprint density at radius 3 is 2.06 bits per heavy atom. The molecule has 0 bridgehead atoms. The highest BCUT2D eigenvalue weighted by Gasteiger charge is 2.19. The van der Waals surface area contributed by atoms with E-state index in [1.165, 1.54) is 38.1 Å². The number of benzene rings is 2. The van der Waals surface area contributed by atoms with E-state index in [0.717, 1.165) is 12.0 Å². The summed E-state index contributed by atoms with van der Waals surface area (Å²) in [5.41, 5.74) is 2.19. The Morgan fingerprint density at radius 2 is 1.50 bits per heavy atom. The van der Waals surface area contributed by atoms with E-state index in [-0.39, 0.29) is 23.8 Å². The fourth-order valence-corrected chi connectivity index (χ4v) is 3.70. The number of ether oxygens (including phenoxy) is 1. The Bertz CT molecular complexity index is 1050. The molecule has 2 amide bonds. The summed E-state index contributed by atoms with van der Waals surface area (Å²) in [5, 5.41) is 5.20. The lowest BCUT2D eigenvalue weighted by atomic mass is 10.1. The summed E-state index contributed by atoms with van der Waals surface area (Å²) in [6, 6.07) is 12.9. The van der Waals surface area contributed by atoms with Crippen LogP contribution in [0.1, 0.15) is 32.8 Å². The van der Waals surface area contributed by atoms with Crippen molar-refractivity contribution in [1.29, 1.82) is 0 Å². The number of hydrogen-bond acceptors (Lipinski definition) is 6. The Morgan fingerprint density at radius 1 is 0.938 bits per heavy atom. The molecule has 0 fully saturated rings. The van der Waals surface area contributed by atoms with Crippen molar-refractivity contribution in [2.45, 2.75) is 44.6 Å². The zero-order valence-electron chi connectivity index (χ0n) is 18.2. The van der Waals surface area contributed by atoms with Crippen LogP contribution in [-0.4, -0.2) is 38.9 Å². The second-order valence-corrected chi connectivity index (χ2v) is 8.79. The first-order valence-corrected chi connectivity index (χ1v) is 11.6. The molecule has 0 aliphatic carbocycles. The quantitative estimate of drug-likeness (QED) is 0.466. The number of sulfonamides is 1. The van der Waals surface area contributed by atoms with Gasteiger partial charge in [-0.15, -0.1) is 0 Å². The van der Waals surface area contributed by atoms with Gasteiger partial charge in [0.05, 0.1) is 11.3 Å². The Kier molecular flexibility index (Phi) is 8.91. The summed E-state index contributed by atoms with van der Waals surface area (Å²) in [6.07, 6.45) is -0.397. The van der Waals surface area contributed by atoms with Crippen molar-refractivity contribution in [1.82, 2.24) is 4.72 Å². The van der Waals surface area contributed by atoms with Crippen molar-refractivity contribution in [3.63, 3.8) is 0 Å². The van der Waals surface area contributed by atoms with Crippen molar-refractivity contribution in [2.75, 3.05) is 17.2 Å². The van der Waals surface area contributed by atoms with Crippen LogP contribution < -0.4 is 15.4 Å². The highest BCUT2D eigenvalue weighted by atomic mass is 32.2. The van der Waals surface area contributed by atoms with Crippen LogP contribution in [0, 0.1) is 0 Å². The number of hydrogen-bond donors (Lipinski definition) is 3. The fourth-order valence-electron chi connectivity index (χ4n) is 2.67. The number of anilines is 2. The molecule has 9 nitrogen and oxygen atoms in total. The van der Waals surface area contributed by atoms with E-state index >= 15 is 0 Å². The van der Waals surface area contributed by atoms with Crippen molar-refractivity contribution < 1.29 is 27.5 Å². The number of esters is 1. The summed E-state index contributed by atoms with van der Waals surface area (Å²) in [5.74, 6) is -1.46. The molecule has 3 N–H and O–H groups in total. The number of nitrogens with one attached hydrogen (secondary N) is 3. The average Bonchev–Trinajstić information content (AvgIpc) is 2.74. The van der Waals surface area contributed by atoms with Gasteiger partial charge in [-0.1, -0.05) is 19.1 Å². The van der Waals surface area contributed by atoms with E-state index in [4.69, 9.17) is 4.74 Å². The molecule has 2 rings (SSSR count). The summed E-state index contributed by atoms with van der Waals surface area (Å²) < 4.78 is 32.0. The van der Waals surface area contributed by atoms with Crippen LogP contribution in [-0.2, 0) is 35.6 Å². The van der Waals surface area contributed by atoms with Crippen LogP contribution in [0.15, 0.2) is 53.4 Å². The highest BCUT2D eigenvalue weighted by molar-refractivity contribution is 7.89. The van der Waals surface area contributed by atoms with Gasteiger partial charge in [-0.25, -0.2) is 13.1 Å². The lowest BCUT2D eigenvalue weighted by Gasteiger charge is -2.14. The van der Waals surface area contributed by atoms with Gasteiger partial charge in [0.15, 0.2) is 6.10 Å². The smallest absolute Gasteiger partial charge is 0.307 e. The van der Waals surface area contributed by atoms with E-state index in [0.29, 0.717) is 11.4 Å². The molecule has 2 aromatic carbocycles. The van der Waals surface area contributed by atoms with Gasteiger partial charge >= 0.3 is 5.97 Å². The summed E-state index contributed by atoms with van der Waals surface area (Å²) in [4.78, 5) is 35.2. The van der Waals surface area contributed by atoms with Gasteiger partial charge in [-0.05, 0) is 55.3 Å². The van der Waals surface area contributed by atoms with Crippen LogP contribution in [0.5, 0.6) is 0 Å². The van der Waals surface area contributed by atoms with Gasteiger partial charge in [0.2, 0.25) is 15.9 Å². The summed E-state index contributed by atoms with van der Waals surface area (Å²) >= 11 is 0. The first kappa shape index (κ1) is 25.0. The Labute approximate surface area is 187 Å². The average molecular weight is 462 g/mol. The molecule has 0 aliphatic rings. The van der Waals surface area contributed by atoms with Crippen molar-refractivity contribution in [3.05, 3.63) is 54.1 Å². The van der Waals surface area contributed by atoms with Gasteiger partial charge in [0, 0.05) is 24.8 Å². The molecular formula is C22H27N3O6S. The van der Waals surface area contributed by atoms with Crippen LogP contribution in [0.4, 0.5) is 11.4 Å². The number of aryl methyl sites for hydroxylation is 1. The standard InChI is InChI=1S/C22H27N3O6S/c1-4-17-5-7-19(8-6-17)25-22(28)15(2)31-21(27)13-14-23-32(29,30)20-11-9-18(10-12-20)24-16(3)26/h5-12,15,23H,4,13-14H2,1-3H3,(H,24,26)(H,25,28). The van der Waals surface area contributed by atoms with Gasteiger partial charge in [0.25, 0.3) is 5.91 Å². The minimum atomic E-state index is -3.84. The van der Waals surface area contributed by atoms with Crippen molar-refractivity contribution in [2.24, 2.45) is 0 Å². The first-order valence-electron chi connectivity index (χ1n) is 10.1. The monoisotopic (exact) mass is 461 g/mol. The van der Waals surface area contributed by atoms with Gasteiger partial charge in [-0.2, -0.15) is 0 Å². The molecule has 0 saturated carbocycles. The molecule has 1 unspecified atom stereocenters. The van der Waals surface area contributed by atoms with Crippen LogP contribution in [0.25, 0.3) is 0 Å².